The number of likely N-dealkylation sites (tertiary alicyclic amines) is 1. The molecule has 1 N–H and O–H groups in total. The summed E-state index contributed by atoms with van der Waals surface area (Å²) >= 11 is 0. The van der Waals surface area contributed by atoms with E-state index < -0.39 is 0 Å². The lowest BCUT2D eigenvalue weighted by Gasteiger charge is -2.39. The maximum Gasteiger partial charge on any atom is 0.225 e. The summed E-state index contributed by atoms with van der Waals surface area (Å²) in [6, 6.07) is 0. The van der Waals surface area contributed by atoms with E-state index in [2.05, 4.69) is 0 Å². The predicted molar refractivity (Wildman–Crippen MR) is 48.2 cm³/mol. The van der Waals surface area contributed by atoms with E-state index in [1.807, 2.05) is 13.8 Å². The van der Waals surface area contributed by atoms with Gasteiger partial charge in [-0.2, -0.15) is 0 Å². The number of nitrogens with zero attached hydrogens (tertiary/aromatic N) is 1. The van der Waals surface area contributed by atoms with Crippen molar-refractivity contribution in [2.75, 3.05) is 26.3 Å². The number of hydrogen-bond acceptors (Lipinski definition) is 3. The molecule has 0 aliphatic carbocycles. The van der Waals surface area contributed by atoms with Crippen LogP contribution in [0.3, 0.4) is 0 Å². The van der Waals surface area contributed by atoms with Crippen molar-refractivity contribution in [2.24, 2.45) is 5.92 Å². The molecule has 0 saturated carbocycles. The smallest absolute Gasteiger partial charge is 0.225 e. The van der Waals surface area contributed by atoms with E-state index in [0.717, 1.165) is 0 Å². The molecule has 1 fully saturated rings. The Labute approximate surface area is 78.5 Å². The molecule has 0 aromatic rings. The van der Waals surface area contributed by atoms with E-state index in [1.165, 1.54) is 0 Å². The van der Waals surface area contributed by atoms with Crippen molar-refractivity contribution in [3.8, 4) is 0 Å². The lowest BCUT2D eigenvalue weighted by Crippen LogP contribution is -2.56. The third kappa shape index (κ3) is 2.67. The molecule has 1 aliphatic heterocycles. The van der Waals surface area contributed by atoms with Crippen LogP contribution in [-0.2, 0) is 9.53 Å². The first-order valence-electron chi connectivity index (χ1n) is 4.66. The van der Waals surface area contributed by atoms with Crippen LogP contribution in [0.4, 0.5) is 0 Å². The minimum absolute atomic E-state index is 0.0502. The van der Waals surface area contributed by atoms with E-state index in [0.29, 0.717) is 19.7 Å². The van der Waals surface area contributed by atoms with Crippen molar-refractivity contribution in [3.63, 3.8) is 0 Å². The van der Waals surface area contributed by atoms with Gasteiger partial charge >= 0.3 is 0 Å². The molecule has 0 radical (unpaired) electrons. The average Bonchev–Trinajstić information content (AvgIpc) is 2.01. The molecule has 0 aromatic carbocycles. The number of aliphatic hydroxyl groups is 1. The normalized spacial score (nSPS) is 17.7. The van der Waals surface area contributed by atoms with Crippen LogP contribution in [0.25, 0.3) is 0 Å². The second-order valence-electron chi connectivity index (χ2n) is 3.61. The minimum atomic E-state index is 0.0502. The highest BCUT2D eigenvalue weighted by atomic mass is 16.5. The number of aliphatic hydroxyl groups excluding tert-OH is 1. The average molecular weight is 187 g/mol. The van der Waals surface area contributed by atoms with Gasteiger partial charge in [0.15, 0.2) is 0 Å². The van der Waals surface area contributed by atoms with Crippen molar-refractivity contribution in [3.05, 3.63) is 0 Å². The first-order chi connectivity index (χ1) is 6.15. The molecule has 76 valence electrons. The topological polar surface area (TPSA) is 49.8 Å². The zero-order valence-corrected chi connectivity index (χ0v) is 8.19. The van der Waals surface area contributed by atoms with Gasteiger partial charge < -0.3 is 14.7 Å². The lowest BCUT2D eigenvalue weighted by molar-refractivity contribution is -0.148. The highest BCUT2D eigenvalue weighted by Crippen LogP contribution is 2.14. The zero-order valence-electron chi connectivity index (χ0n) is 8.19. The molecule has 0 bridgehead atoms. The van der Waals surface area contributed by atoms with Crippen LogP contribution in [0.15, 0.2) is 0 Å². The Hall–Kier alpha value is -0.610. The van der Waals surface area contributed by atoms with Crippen molar-refractivity contribution >= 4 is 5.91 Å². The van der Waals surface area contributed by atoms with Gasteiger partial charge in [-0.15, -0.1) is 0 Å². The van der Waals surface area contributed by atoms with E-state index >= 15 is 0 Å². The Kier molecular flexibility index (Phi) is 3.69. The second kappa shape index (κ2) is 4.58. The molecule has 1 rings (SSSR count). The fourth-order valence-corrected chi connectivity index (χ4v) is 1.31. The number of amides is 1. The van der Waals surface area contributed by atoms with Crippen LogP contribution < -0.4 is 0 Å². The monoisotopic (exact) mass is 187 g/mol. The molecule has 1 saturated heterocycles. The quantitative estimate of drug-likeness (QED) is 0.666. The first kappa shape index (κ1) is 10.5. The maximum atomic E-state index is 11.4. The summed E-state index contributed by atoms with van der Waals surface area (Å²) in [6.45, 7) is 5.56. The van der Waals surface area contributed by atoms with Gasteiger partial charge in [-0.25, -0.2) is 0 Å². The SMILES string of the molecule is CC(C)C(=O)N1CC(OCCO)C1. The summed E-state index contributed by atoms with van der Waals surface area (Å²) in [5.41, 5.74) is 0. The van der Waals surface area contributed by atoms with Gasteiger partial charge in [0, 0.05) is 19.0 Å². The summed E-state index contributed by atoms with van der Waals surface area (Å²) in [7, 11) is 0. The Morgan fingerprint density at radius 2 is 2.23 bits per heavy atom. The van der Waals surface area contributed by atoms with E-state index in [-0.39, 0.29) is 24.5 Å². The first-order valence-corrected chi connectivity index (χ1v) is 4.66. The van der Waals surface area contributed by atoms with Crippen LogP contribution >= 0.6 is 0 Å². The highest BCUT2D eigenvalue weighted by molar-refractivity contribution is 5.78. The molecule has 1 aliphatic rings. The molecule has 0 unspecified atom stereocenters. The maximum absolute atomic E-state index is 11.4. The molecular weight excluding hydrogens is 170 g/mol. The summed E-state index contributed by atoms with van der Waals surface area (Å²) in [5, 5.41) is 8.49. The van der Waals surface area contributed by atoms with Crippen molar-refractivity contribution in [1.29, 1.82) is 0 Å². The van der Waals surface area contributed by atoms with Crippen LogP contribution in [0.5, 0.6) is 0 Å². The van der Waals surface area contributed by atoms with Crippen LogP contribution in [0, 0.1) is 5.92 Å². The molecular formula is C9H17NO3. The molecule has 1 amide bonds. The number of rotatable bonds is 4. The van der Waals surface area contributed by atoms with Gasteiger partial charge in [0.25, 0.3) is 0 Å². The Morgan fingerprint density at radius 1 is 1.62 bits per heavy atom. The summed E-state index contributed by atoms with van der Waals surface area (Å²) < 4.78 is 5.24. The summed E-state index contributed by atoms with van der Waals surface area (Å²) in [6.07, 6.45) is 0.134. The molecule has 0 spiro atoms. The standard InChI is InChI=1S/C9H17NO3/c1-7(2)9(12)10-5-8(6-10)13-4-3-11/h7-8,11H,3-6H2,1-2H3. The van der Waals surface area contributed by atoms with Gasteiger partial charge in [0.2, 0.25) is 5.91 Å². The van der Waals surface area contributed by atoms with Crippen molar-refractivity contribution < 1.29 is 14.6 Å². The van der Waals surface area contributed by atoms with Crippen molar-refractivity contribution in [1.82, 2.24) is 4.90 Å². The fraction of sp³-hybridized carbons (Fsp3) is 0.889. The molecule has 0 aromatic heterocycles. The summed E-state index contributed by atoms with van der Waals surface area (Å²) in [4.78, 5) is 13.1. The highest BCUT2D eigenvalue weighted by Gasteiger charge is 2.31. The molecule has 4 heteroatoms. The van der Waals surface area contributed by atoms with Gasteiger partial charge in [-0.1, -0.05) is 13.8 Å². The van der Waals surface area contributed by atoms with Gasteiger partial charge in [0.1, 0.15) is 0 Å². The number of carbonyl (C=O) groups is 1. The number of ether oxygens (including phenoxy) is 1. The Bertz CT molecular complexity index is 176. The molecule has 1 heterocycles. The van der Waals surface area contributed by atoms with E-state index in [9.17, 15) is 4.79 Å². The third-order valence-electron chi connectivity index (χ3n) is 2.10. The second-order valence-corrected chi connectivity index (χ2v) is 3.61. The van der Waals surface area contributed by atoms with Gasteiger partial charge in [-0.3, -0.25) is 4.79 Å². The van der Waals surface area contributed by atoms with Crippen LogP contribution in [0.2, 0.25) is 0 Å². The molecule has 0 atom stereocenters. The van der Waals surface area contributed by atoms with Gasteiger partial charge in [-0.05, 0) is 0 Å². The summed E-state index contributed by atoms with van der Waals surface area (Å²) in [5.74, 6) is 0.252. The Balaban J connectivity index is 2.14. The zero-order chi connectivity index (χ0) is 9.84. The molecule has 13 heavy (non-hydrogen) atoms. The Morgan fingerprint density at radius 3 is 2.69 bits per heavy atom. The van der Waals surface area contributed by atoms with Crippen LogP contribution in [-0.4, -0.2) is 48.3 Å². The van der Waals surface area contributed by atoms with Gasteiger partial charge in [0.05, 0.1) is 19.3 Å². The predicted octanol–water partition coefficient (Wildman–Crippen LogP) is -0.138. The third-order valence-corrected chi connectivity index (χ3v) is 2.10. The minimum Gasteiger partial charge on any atom is -0.394 e. The fourth-order valence-electron chi connectivity index (χ4n) is 1.31. The largest absolute Gasteiger partial charge is 0.394 e. The van der Waals surface area contributed by atoms with E-state index in [4.69, 9.17) is 9.84 Å². The van der Waals surface area contributed by atoms with E-state index in [1.54, 1.807) is 4.90 Å². The molecule has 4 nitrogen and oxygen atoms in total. The lowest BCUT2D eigenvalue weighted by atomic mass is 10.1. The van der Waals surface area contributed by atoms with Crippen LogP contribution in [0.1, 0.15) is 13.8 Å². The number of carbonyl (C=O) groups excluding carboxylic acids is 1. The number of hydrogen-bond donors (Lipinski definition) is 1. The van der Waals surface area contributed by atoms with Crippen molar-refractivity contribution in [2.45, 2.75) is 20.0 Å².